The SMILES string of the molecule is CCCCCCCCCCCCCCCC[n+]1ccccc1.ClBr. The van der Waals surface area contributed by atoms with Crippen LogP contribution in [0, 0.1) is 0 Å². The molecule has 0 bridgehead atoms. The highest BCUT2D eigenvalue weighted by molar-refractivity contribution is 9.22. The lowest BCUT2D eigenvalue weighted by Crippen LogP contribution is -2.32. The predicted octanol–water partition coefficient (Wildman–Crippen LogP) is 7.99. The number of hydrogen-bond donors (Lipinski definition) is 0. The van der Waals surface area contributed by atoms with Crippen molar-refractivity contribution in [2.75, 3.05) is 0 Å². The van der Waals surface area contributed by atoms with E-state index >= 15 is 0 Å². The van der Waals surface area contributed by atoms with Gasteiger partial charge in [0.25, 0.3) is 0 Å². The first kappa shape index (κ1) is 23.9. The molecule has 0 fully saturated rings. The van der Waals surface area contributed by atoms with Crippen molar-refractivity contribution in [2.24, 2.45) is 0 Å². The van der Waals surface area contributed by atoms with Crippen molar-refractivity contribution >= 4 is 25.1 Å². The first-order chi connectivity index (χ1) is 11.9. The maximum absolute atomic E-state index is 4.45. The van der Waals surface area contributed by atoms with E-state index in [1.807, 2.05) is 0 Å². The third-order valence-electron chi connectivity index (χ3n) is 4.55. The van der Waals surface area contributed by atoms with Crippen LogP contribution in [0.5, 0.6) is 0 Å². The van der Waals surface area contributed by atoms with Gasteiger partial charge in [0.15, 0.2) is 12.4 Å². The van der Waals surface area contributed by atoms with Gasteiger partial charge in [0, 0.05) is 33.6 Å². The molecule has 0 N–H and O–H groups in total. The summed E-state index contributed by atoms with van der Waals surface area (Å²) < 4.78 is 2.29. The van der Waals surface area contributed by atoms with Crippen molar-refractivity contribution in [1.82, 2.24) is 0 Å². The smallest absolute Gasteiger partial charge is 0.168 e. The molecule has 140 valence electrons. The molecule has 0 saturated carbocycles. The maximum Gasteiger partial charge on any atom is 0.168 e. The summed E-state index contributed by atoms with van der Waals surface area (Å²) in [6.07, 6.45) is 24.4. The molecule has 1 heterocycles. The molecule has 0 saturated heterocycles. The number of hydrogen-bond acceptors (Lipinski definition) is 0. The second-order valence-electron chi connectivity index (χ2n) is 6.71. The number of aromatic nitrogens is 1. The zero-order chi connectivity index (χ0) is 17.7. The van der Waals surface area contributed by atoms with Crippen LogP contribution >= 0.6 is 25.1 Å². The van der Waals surface area contributed by atoms with Crippen molar-refractivity contribution in [3.8, 4) is 0 Å². The second kappa shape index (κ2) is 21.0. The van der Waals surface area contributed by atoms with Crippen molar-refractivity contribution in [2.45, 2.75) is 103 Å². The Morgan fingerprint density at radius 2 is 0.958 bits per heavy atom. The normalized spacial score (nSPS) is 10.3. The molecule has 3 heteroatoms. The van der Waals surface area contributed by atoms with Gasteiger partial charge in [-0.25, -0.2) is 4.57 Å². The molecule has 1 aromatic heterocycles. The largest absolute Gasteiger partial charge is 0.205 e. The van der Waals surface area contributed by atoms with E-state index in [-0.39, 0.29) is 0 Å². The van der Waals surface area contributed by atoms with E-state index in [1.165, 1.54) is 96.4 Å². The number of aryl methyl sites for hydroxylation is 1. The predicted molar refractivity (Wildman–Crippen MR) is 112 cm³/mol. The Hall–Kier alpha value is -0.0800. The lowest BCUT2D eigenvalue weighted by atomic mass is 10.0. The highest BCUT2D eigenvalue weighted by Crippen LogP contribution is 2.12. The second-order valence-corrected chi connectivity index (χ2v) is 6.71. The Morgan fingerprint density at radius 3 is 1.38 bits per heavy atom. The highest BCUT2D eigenvalue weighted by atomic mass is 79.9. The quantitative estimate of drug-likeness (QED) is 0.200. The summed E-state index contributed by atoms with van der Waals surface area (Å²) in [5, 5.41) is 0. The Kier molecular flexibility index (Phi) is 20.9. The molecular weight excluding hydrogens is 382 g/mol. The summed E-state index contributed by atoms with van der Waals surface area (Å²) in [4.78, 5) is 0. The van der Waals surface area contributed by atoms with Gasteiger partial charge in [-0.15, -0.1) is 0 Å². The van der Waals surface area contributed by atoms with Gasteiger partial charge in [-0.3, -0.25) is 0 Å². The fraction of sp³-hybridized carbons (Fsp3) is 0.762. The number of rotatable bonds is 15. The van der Waals surface area contributed by atoms with Crippen LogP contribution in [0.25, 0.3) is 0 Å². The summed E-state index contributed by atoms with van der Waals surface area (Å²) in [5.74, 6) is 0. The molecule has 0 amide bonds. The third kappa shape index (κ3) is 16.8. The van der Waals surface area contributed by atoms with Crippen LogP contribution < -0.4 is 4.57 Å². The van der Waals surface area contributed by atoms with Gasteiger partial charge in [0.1, 0.15) is 6.54 Å². The van der Waals surface area contributed by atoms with E-state index < -0.39 is 0 Å². The van der Waals surface area contributed by atoms with Gasteiger partial charge in [-0.05, 0) is 16.5 Å². The summed E-state index contributed by atoms with van der Waals surface area (Å²) in [7, 11) is 4.45. The topological polar surface area (TPSA) is 3.88 Å². The summed E-state index contributed by atoms with van der Waals surface area (Å²) in [6, 6.07) is 6.31. The zero-order valence-corrected chi connectivity index (χ0v) is 18.0. The Morgan fingerprint density at radius 1 is 0.583 bits per heavy atom. The van der Waals surface area contributed by atoms with E-state index in [9.17, 15) is 0 Å². The van der Waals surface area contributed by atoms with Gasteiger partial charge >= 0.3 is 0 Å². The average Bonchev–Trinajstić information content (AvgIpc) is 2.64. The number of nitrogens with zero attached hydrogens (tertiary/aromatic N) is 1. The molecule has 0 radical (unpaired) electrons. The maximum atomic E-state index is 4.45. The number of unbranched alkanes of at least 4 members (excludes halogenated alkanes) is 13. The Balaban J connectivity index is 0.00000254. The van der Waals surface area contributed by atoms with E-state index in [0.29, 0.717) is 0 Å². The van der Waals surface area contributed by atoms with Crippen LogP contribution in [0.2, 0.25) is 0 Å². The van der Waals surface area contributed by atoms with Crippen LogP contribution in [0.3, 0.4) is 0 Å². The molecule has 0 spiro atoms. The number of halogens is 2. The first-order valence-electron chi connectivity index (χ1n) is 10.0. The molecule has 0 aromatic carbocycles. The minimum atomic E-state index is 1.18. The monoisotopic (exact) mass is 418 g/mol. The zero-order valence-electron chi connectivity index (χ0n) is 15.7. The van der Waals surface area contributed by atoms with Crippen LogP contribution in [-0.4, -0.2) is 0 Å². The van der Waals surface area contributed by atoms with Crippen LogP contribution in [0.4, 0.5) is 0 Å². The first-order valence-corrected chi connectivity index (χ1v) is 12.1. The van der Waals surface area contributed by atoms with Gasteiger partial charge in [-0.2, -0.15) is 0 Å². The third-order valence-corrected chi connectivity index (χ3v) is 4.55. The van der Waals surface area contributed by atoms with E-state index in [0.717, 1.165) is 0 Å². The Bertz CT molecular complexity index is 332. The molecule has 0 aliphatic heterocycles. The van der Waals surface area contributed by atoms with Gasteiger partial charge in [0.05, 0.1) is 0 Å². The molecule has 24 heavy (non-hydrogen) atoms. The molecule has 0 aliphatic carbocycles. The van der Waals surface area contributed by atoms with Gasteiger partial charge in [0.2, 0.25) is 0 Å². The van der Waals surface area contributed by atoms with E-state index in [4.69, 9.17) is 0 Å². The number of pyridine rings is 1. The lowest BCUT2D eigenvalue weighted by Gasteiger charge is -2.02. The van der Waals surface area contributed by atoms with Crippen LogP contribution in [0.1, 0.15) is 96.8 Å². The summed E-state index contributed by atoms with van der Waals surface area (Å²) in [6.45, 7) is 3.47. The Labute approximate surface area is 163 Å². The van der Waals surface area contributed by atoms with Crippen molar-refractivity contribution in [3.63, 3.8) is 0 Å². The molecular formula is C21H38BrClN+. The molecule has 1 rings (SSSR count). The average molecular weight is 420 g/mol. The van der Waals surface area contributed by atoms with Gasteiger partial charge in [-0.1, -0.05) is 90.0 Å². The van der Waals surface area contributed by atoms with E-state index in [2.05, 4.69) is 67.2 Å². The standard InChI is InChI=1S/C21H38N.BrCl/c1-2-3-4-5-6-7-8-9-10-11-12-13-14-16-19-22-20-17-15-18-21-22;1-2/h15,17-18,20-21H,2-14,16,19H2,1H3;/q+1;. The van der Waals surface area contributed by atoms with Gasteiger partial charge < -0.3 is 0 Å². The minimum Gasteiger partial charge on any atom is -0.205 e. The fourth-order valence-electron chi connectivity index (χ4n) is 3.07. The van der Waals surface area contributed by atoms with Crippen molar-refractivity contribution < 1.29 is 4.57 Å². The fourth-order valence-corrected chi connectivity index (χ4v) is 3.07. The summed E-state index contributed by atoms with van der Waals surface area (Å²) in [5.41, 5.74) is 0. The molecule has 0 unspecified atom stereocenters. The summed E-state index contributed by atoms with van der Waals surface area (Å²) >= 11 is 2.41. The van der Waals surface area contributed by atoms with Crippen molar-refractivity contribution in [3.05, 3.63) is 30.6 Å². The molecule has 0 aliphatic rings. The van der Waals surface area contributed by atoms with Crippen LogP contribution in [-0.2, 0) is 6.54 Å². The van der Waals surface area contributed by atoms with Crippen LogP contribution in [0.15, 0.2) is 30.6 Å². The van der Waals surface area contributed by atoms with Crippen molar-refractivity contribution in [1.29, 1.82) is 0 Å². The minimum absolute atomic E-state index is 1.18. The lowest BCUT2D eigenvalue weighted by molar-refractivity contribution is -0.697. The molecule has 0 atom stereocenters. The van der Waals surface area contributed by atoms with E-state index in [1.54, 1.807) is 0 Å². The highest BCUT2D eigenvalue weighted by Gasteiger charge is 1.98. The molecule has 1 nitrogen and oxygen atoms in total. The molecule has 1 aromatic rings.